The summed E-state index contributed by atoms with van der Waals surface area (Å²) in [5.74, 6) is 0. The van der Waals surface area contributed by atoms with Crippen molar-refractivity contribution in [2.24, 2.45) is 0 Å². The molecule has 1 aromatic rings. The average molecular weight is 343 g/mol. The maximum absolute atomic E-state index is 12.2. The number of alkyl halides is 3. The maximum atomic E-state index is 12.2. The normalized spacial score (nSPS) is 10.2. The molecule has 0 aliphatic heterocycles. The molecule has 6 heteroatoms. The van der Waals surface area contributed by atoms with Gasteiger partial charge in [0.15, 0.2) is 0 Å². The van der Waals surface area contributed by atoms with Crippen LogP contribution in [0.4, 0.5) is 13.2 Å². The van der Waals surface area contributed by atoms with Crippen LogP contribution in [0.1, 0.15) is 18.9 Å². The van der Waals surface area contributed by atoms with Gasteiger partial charge in [-0.05, 0) is 0 Å². The molecule has 4 N–H and O–H groups in total. The van der Waals surface area contributed by atoms with E-state index in [0.29, 0.717) is 0 Å². The molecule has 0 saturated carbocycles. The Hall–Kier alpha value is -0.271. The second kappa shape index (κ2) is 7.91. The van der Waals surface area contributed by atoms with Crippen LogP contribution < -0.4 is 3.58 Å². The Morgan fingerprint density at radius 2 is 1.56 bits per heavy atom. The first-order chi connectivity index (χ1) is 6.54. The van der Waals surface area contributed by atoms with Gasteiger partial charge in [-0.2, -0.15) is 0 Å². The zero-order valence-corrected chi connectivity index (χ0v) is 11.7. The predicted molar refractivity (Wildman–Crippen MR) is 59.2 cm³/mol. The molecule has 0 aliphatic rings. The second-order valence-corrected chi connectivity index (χ2v) is 7.09. The Balaban J connectivity index is 0. The molecule has 2 radical (unpaired) electrons. The van der Waals surface area contributed by atoms with E-state index < -0.39 is 32.9 Å². The van der Waals surface area contributed by atoms with Crippen LogP contribution in [0.15, 0.2) is 24.3 Å². The van der Waals surface area contributed by atoms with Gasteiger partial charge in [0.05, 0.1) is 0 Å². The number of hydrogen-bond acceptors (Lipinski definition) is 0. The maximum Gasteiger partial charge on any atom is -0.412 e. The van der Waals surface area contributed by atoms with Crippen LogP contribution >= 0.6 is 0 Å². The Bertz CT molecular complexity index is 285. The summed E-state index contributed by atoms with van der Waals surface area (Å²) in [6, 6.07) is 5.63. The van der Waals surface area contributed by atoms with Crippen molar-refractivity contribution in [3.8, 4) is 0 Å². The molecule has 2 nitrogen and oxygen atoms in total. The summed E-state index contributed by atoms with van der Waals surface area (Å²) < 4.78 is 38.9. The van der Waals surface area contributed by atoms with Crippen LogP contribution in [0.3, 0.4) is 0 Å². The minimum absolute atomic E-state index is 0. The van der Waals surface area contributed by atoms with Crippen molar-refractivity contribution < 1.29 is 24.1 Å². The molecule has 0 fully saturated rings. The van der Waals surface area contributed by atoms with Gasteiger partial charge in [-0.1, -0.05) is 0 Å². The molecule has 0 aromatic heterocycles. The van der Waals surface area contributed by atoms with Gasteiger partial charge in [0, 0.05) is 0 Å². The first-order valence-corrected chi connectivity index (χ1v) is 7.89. The summed E-state index contributed by atoms with van der Waals surface area (Å²) in [5.41, 5.74) is -0.544. The zero-order chi connectivity index (χ0) is 10.6. The van der Waals surface area contributed by atoms with E-state index in [1.165, 1.54) is 16.6 Å². The van der Waals surface area contributed by atoms with Crippen molar-refractivity contribution in [3.63, 3.8) is 0 Å². The summed E-state index contributed by atoms with van der Waals surface area (Å²) in [4.78, 5) is 0. The second-order valence-electron chi connectivity index (χ2n) is 3.00. The van der Waals surface area contributed by atoms with E-state index in [1.54, 1.807) is 12.1 Å². The third kappa shape index (κ3) is 5.71. The smallest absolute Gasteiger partial charge is 0.412 e. The van der Waals surface area contributed by atoms with Crippen LogP contribution in [0.25, 0.3) is 0 Å². The molecule has 1 rings (SSSR count). The molecule has 1 aromatic carbocycles. The first kappa shape index (κ1) is 18.1. The standard InChI is InChI=1S/C7H4F3.C3H7.2H2O.Sn/c8-7(9,10)6-4-2-1-3-5-6;1-3-2;;;/h2-5H;1,3H2,2H3;2*1H2;. The van der Waals surface area contributed by atoms with E-state index in [9.17, 15) is 13.2 Å². The molecule has 0 unspecified atom stereocenters. The van der Waals surface area contributed by atoms with Crippen LogP contribution in [0.2, 0.25) is 4.44 Å². The molecule has 0 heterocycles. The first-order valence-electron chi connectivity index (χ1n) is 4.45. The van der Waals surface area contributed by atoms with Crippen LogP contribution in [0, 0.1) is 0 Å². The van der Waals surface area contributed by atoms with Crippen molar-refractivity contribution in [3.05, 3.63) is 29.8 Å². The fraction of sp³-hybridized carbons (Fsp3) is 0.400. The zero-order valence-electron chi connectivity index (χ0n) is 8.86. The molecule has 0 atom stereocenters. The number of hydrogen-bond donors (Lipinski definition) is 0. The van der Waals surface area contributed by atoms with Crippen LogP contribution in [-0.4, -0.2) is 32.1 Å². The summed E-state index contributed by atoms with van der Waals surface area (Å²) in [7, 11) is 0. The van der Waals surface area contributed by atoms with Crippen LogP contribution in [0.5, 0.6) is 0 Å². The predicted octanol–water partition coefficient (Wildman–Crippen LogP) is 1.21. The van der Waals surface area contributed by atoms with Gasteiger partial charge >= 0.3 is 91.7 Å². The molecule has 0 saturated heterocycles. The molecule has 0 aliphatic carbocycles. The Morgan fingerprint density at radius 1 is 1.06 bits per heavy atom. The van der Waals surface area contributed by atoms with E-state index >= 15 is 0 Å². The van der Waals surface area contributed by atoms with Crippen molar-refractivity contribution in [1.29, 1.82) is 0 Å². The molecule has 0 spiro atoms. The molecule has 92 valence electrons. The van der Waals surface area contributed by atoms with Gasteiger partial charge in [-0.15, -0.1) is 0 Å². The minimum Gasteiger partial charge on any atom is -0.412 e. The van der Waals surface area contributed by atoms with Gasteiger partial charge < -0.3 is 11.0 Å². The molecule has 16 heavy (non-hydrogen) atoms. The number of halogens is 3. The molecule has 0 bridgehead atoms. The van der Waals surface area contributed by atoms with Crippen molar-refractivity contribution >= 4 is 24.7 Å². The van der Waals surface area contributed by atoms with E-state index in [0.717, 1.165) is 10.0 Å². The number of rotatable bonds is 3. The molecular weight excluding hydrogens is 328 g/mol. The Labute approximate surface area is 103 Å². The fourth-order valence-electron chi connectivity index (χ4n) is 1.05. The third-order valence-corrected chi connectivity index (χ3v) is 6.05. The van der Waals surface area contributed by atoms with E-state index in [-0.39, 0.29) is 11.0 Å². The van der Waals surface area contributed by atoms with Gasteiger partial charge in [0.1, 0.15) is 0 Å². The van der Waals surface area contributed by atoms with Gasteiger partial charge in [0.2, 0.25) is 0 Å². The van der Waals surface area contributed by atoms with Gasteiger partial charge in [0.25, 0.3) is 0 Å². The number of benzene rings is 1. The van der Waals surface area contributed by atoms with Gasteiger partial charge in [-0.3, -0.25) is 0 Å². The van der Waals surface area contributed by atoms with E-state index in [4.69, 9.17) is 0 Å². The van der Waals surface area contributed by atoms with Crippen molar-refractivity contribution in [2.45, 2.75) is 24.0 Å². The quantitative estimate of drug-likeness (QED) is 0.741. The van der Waals surface area contributed by atoms with E-state index in [2.05, 4.69) is 6.92 Å². The largest absolute Gasteiger partial charge is 0.412 e. The van der Waals surface area contributed by atoms with E-state index in [1.807, 2.05) is 0 Å². The van der Waals surface area contributed by atoms with Gasteiger partial charge in [-0.25, -0.2) is 0 Å². The Kier molecular flexibility index (Phi) is 8.95. The third-order valence-electron chi connectivity index (χ3n) is 1.79. The van der Waals surface area contributed by atoms with Crippen molar-refractivity contribution in [2.75, 3.05) is 0 Å². The minimum atomic E-state index is -4.20. The van der Waals surface area contributed by atoms with Crippen LogP contribution in [-0.2, 0) is 6.18 Å². The molecule has 0 amide bonds. The SMILES string of the molecule is CC[CH2][Sn][c]1ccc(C(F)(F)F)cc1.O.O. The summed E-state index contributed by atoms with van der Waals surface area (Å²) in [6.07, 6.45) is -3.07. The molecular formula is C10H15F3O2Sn. The average Bonchev–Trinajstić information content (AvgIpc) is 2.14. The fourth-order valence-corrected chi connectivity index (χ4v) is 3.73. The Morgan fingerprint density at radius 3 is 1.94 bits per heavy atom. The van der Waals surface area contributed by atoms with Crippen molar-refractivity contribution in [1.82, 2.24) is 0 Å². The monoisotopic (exact) mass is 344 g/mol. The summed E-state index contributed by atoms with van der Waals surface area (Å²) in [6.45, 7) is 2.10. The topological polar surface area (TPSA) is 63.0 Å². The summed E-state index contributed by atoms with van der Waals surface area (Å²) in [5, 5.41) is 0. The summed E-state index contributed by atoms with van der Waals surface area (Å²) >= 11 is -0.606.